The van der Waals surface area contributed by atoms with Gasteiger partial charge in [0, 0.05) is 36.8 Å². The van der Waals surface area contributed by atoms with Gasteiger partial charge in [-0.1, -0.05) is 32.0 Å². The van der Waals surface area contributed by atoms with Gasteiger partial charge in [-0.25, -0.2) is 0 Å². The van der Waals surface area contributed by atoms with Gasteiger partial charge in [0.05, 0.1) is 11.2 Å². The van der Waals surface area contributed by atoms with Crippen LogP contribution in [-0.2, 0) is 0 Å². The molecule has 0 saturated heterocycles. The number of anilines is 1. The third kappa shape index (κ3) is 4.99. The van der Waals surface area contributed by atoms with E-state index in [0.29, 0.717) is 12.1 Å². The Morgan fingerprint density at radius 3 is 2.27 bits per heavy atom. The average Bonchev–Trinajstić information content (AvgIpc) is 2.53. The van der Waals surface area contributed by atoms with Crippen molar-refractivity contribution in [2.24, 2.45) is 0 Å². The Hall–Kier alpha value is -1.61. The molecule has 122 valence electrons. The van der Waals surface area contributed by atoms with Gasteiger partial charge in [0.15, 0.2) is 0 Å². The maximum absolute atomic E-state index is 4.47. The van der Waals surface area contributed by atoms with Crippen molar-refractivity contribution in [3.8, 4) is 0 Å². The lowest BCUT2D eigenvalue weighted by Gasteiger charge is -2.30. The van der Waals surface area contributed by atoms with E-state index in [9.17, 15) is 0 Å². The summed E-state index contributed by atoms with van der Waals surface area (Å²) in [7, 11) is 0. The van der Waals surface area contributed by atoms with Gasteiger partial charge in [0.25, 0.3) is 0 Å². The second-order valence-electron chi connectivity index (χ2n) is 5.73. The second-order valence-corrected chi connectivity index (χ2v) is 5.73. The molecular formula is C19H31N3. The topological polar surface area (TPSA) is 28.2 Å². The minimum absolute atomic E-state index is 0.572. The number of aromatic nitrogens is 1. The Morgan fingerprint density at radius 2 is 1.64 bits per heavy atom. The van der Waals surface area contributed by atoms with Crippen molar-refractivity contribution in [2.45, 2.75) is 53.6 Å². The molecule has 0 saturated carbocycles. The van der Waals surface area contributed by atoms with E-state index in [1.807, 2.05) is 26.1 Å². The standard InChI is InChI=1S/C17H25N3.C2H6/c1-13(2)20(14(3)4)12-11-18-16-9-5-7-15-8-6-10-19-17(15)16;1-2/h5-10,13-14,18H,11-12H2,1-4H3;1-2H3. The van der Waals surface area contributed by atoms with Gasteiger partial charge >= 0.3 is 0 Å². The van der Waals surface area contributed by atoms with E-state index in [1.165, 1.54) is 5.39 Å². The normalized spacial score (nSPS) is 11.0. The number of fused-ring (bicyclic) bond motifs is 1. The van der Waals surface area contributed by atoms with Crippen LogP contribution in [0.3, 0.4) is 0 Å². The Labute approximate surface area is 135 Å². The SMILES string of the molecule is CC.CC(C)N(CCNc1cccc2cccnc12)C(C)C. The van der Waals surface area contributed by atoms with Crippen LogP contribution in [0.2, 0.25) is 0 Å². The van der Waals surface area contributed by atoms with Crippen molar-refractivity contribution in [2.75, 3.05) is 18.4 Å². The monoisotopic (exact) mass is 301 g/mol. The molecular weight excluding hydrogens is 270 g/mol. The lowest BCUT2D eigenvalue weighted by Crippen LogP contribution is -2.40. The lowest BCUT2D eigenvalue weighted by molar-refractivity contribution is 0.182. The fourth-order valence-electron chi connectivity index (χ4n) is 2.68. The molecule has 1 aromatic carbocycles. The highest BCUT2D eigenvalue weighted by molar-refractivity contribution is 5.90. The van der Waals surface area contributed by atoms with Crippen LogP contribution in [0.5, 0.6) is 0 Å². The van der Waals surface area contributed by atoms with Gasteiger partial charge in [-0.2, -0.15) is 0 Å². The first-order valence-corrected chi connectivity index (χ1v) is 8.43. The molecule has 0 aliphatic heterocycles. The van der Waals surface area contributed by atoms with Crippen molar-refractivity contribution < 1.29 is 0 Å². The number of para-hydroxylation sites is 1. The first-order chi connectivity index (χ1) is 10.6. The summed E-state index contributed by atoms with van der Waals surface area (Å²) >= 11 is 0. The Morgan fingerprint density at radius 1 is 1.00 bits per heavy atom. The van der Waals surface area contributed by atoms with Crippen molar-refractivity contribution >= 4 is 16.6 Å². The van der Waals surface area contributed by atoms with Gasteiger partial charge in [-0.3, -0.25) is 9.88 Å². The third-order valence-corrected chi connectivity index (χ3v) is 3.64. The highest BCUT2D eigenvalue weighted by atomic mass is 15.2. The average molecular weight is 301 g/mol. The molecule has 22 heavy (non-hydrogen) atoms. The molecule has 0 unspecified atom stereocenters. The number of hydrogen-bond donors (Lipinski definition) is 1. The van der Waals surface area contributed by atoms with Crippen LogP contribution in [0.1, 0.15) is 41.5 Å². The molecule has 1 aromatic heterocycles. The molecule has 0 fully saturated rings. The molecule has 1 heterocycles. The predicted octanol–water partition coefficient (Wildman–Crippen LogP) is 4.79. The molecule has 0 radical (unpaired) electrons. The summed E-state index contributed by atoms with van der Waals surface area (Å²) < 4.78 is 0. The summed E-state index contributed by atoms with van der Waals surface area (Å²) in [5, 5.41) is 4.71. The second kappa shape index (κ2) is 9.42. The number of rotatable bonds is 6. The molecule has 3 heteroatoms. The molecule has 0 amide bonds. The van der Waals surface area contributed by atoms with Crippen molar-refractivity contribution in [3.63, 3.8) is 0 Å². The fraction of sp³-hybridized carbons (Fsp3) is 0.526. The zero-order valence-corrected chi connectivity index (χ0v) is 14.9. The molecule has 2 aromatic rings. The third-order valence-electron chi connectivity index (χ3n) is 3.64. The molecule has 0 aliphatic rings. The molecule has 2 rings (SSSR count). The van der Waals surface area contributed by atoms with Crippen LogP contribution in [0, 0.1) is 0 Å². The van der Waals surface area contributed by atoms with E-state index in [4.69, 9.17) is 0 Å². The number of hydrogen-bond acceptors (Lipinski definition) is 3. The van der Waals surface area contributed by atoms with Crippen LogP contribution in [0.4, 0.5) is 5.69 Å². The highest BCUT2D eigenvalue weighted by Crippen LogP contribution is 2.20. The van der Waals surface area contributed by atoms with Gasteiger partial charge in [0.2, 0.25) is 0 Å². The Kier molecular flexibility index (Phi) is 7.89. The zero-order chi connectivity index (χ0) is 16.5. The molecule has 0 aliphatic carbocycles. The molecule has 1 N–H and O–H groups in total. The molecule has 0 spiro atoms. The van der Waals surface area contributed by atoms with E-state index < -0.39 is 0 Å². The molecule has 0 bridgehead atoms. The Bertz CT molecular complexity index is 536. The van der Waals surface area contributed by atoms with E-state index in [-0.39, 0.29) is 0 Å². The minimum Gasteiger partial charge on any atom is -0.382 e. The maximum atomic E-state index is 4.47. The van der Waals surface area contributed by atoms with Crippen LogP contribution in [-0.4, -0.2) is 35.1 Å². The smallest absolute Gasteiger partial charge is 0.0933 e. The largest absolute Gasteiger partial charge is 0.382 e. The summed E-state index contributed by atoms with van der Waals surface area (Å²) in [6, 6.07) is 11.5. The van der Waals surface area contributed by atoms with Crippen LogP contribution in [0.25, 0.3) is 10.9 Å². The van der Waals surface area contributed by atoms with Gasteiger partial charge in [-0.15, -0.1) is 0 Å². The lowest BCUT2D eigenvalue weighted by atomic mass is 10.2. The summed E-state index contributed by atoms with van der Waals surface area (Å²) in [6.45, 7) is 15.0. The van der Waals surface area contributed by atoms with Crippen LogP contribution < -0.4 is 5.32 Å². The van der Waals surface area contributed by atoms with E-state index >= 15 is 0 Å². The van der Waals surface area contributed by atoms with Crippen molar-refractivity contribution in [3.05, 3.63) is 36.5 Å². The first-order valence-electron chi connectivity index (χ1n) is 8.43. The fourth-order valence-corrected chi connectivity index (χ4v) is 2.68. The predicted molar refractivity (Wildman–Crippen MR) is 98.6 cm³/mol. The van der Waals surface area contributed by atoms with Crippen LogP contribution >= 0.6 is 0 Å². The minimum atomic E-state index is 0.572. The summed E-state index contributed by atoms with van der Waals surface area (Å²) in [6.07, 6.45) is 1.85. The number of nitrogens with zero attached hydrogens (tertiary/aromatic N) is 2. The Balaban J connectivity index is 0.00000116. The summed E-state index contributed by atoms with van der Waals surface area (Å²) in [4.78, 5) is 6.96. The maximum Gasteiger partial charge on any atom is 0.0933 e. The van der Waals surface area contributed by atoms with Crippen molar-refractivity contribution in [1.29, 1.82) is 0 Å². The molecule has 3 nitrogen and oxygen atoms in total. The van der Waals surface area contributed by atoms with E-state index in [2.05, 4.69) is 67.2 Å². The quantitative estimate of drug-likeness (QED) is 0.831. The van der Waals surface area contributed by atoms with Gasteiger partial charge in [-0.05, 0) is 39.8 Å². The summed E-state index contributed by atoms with van der Waals surface area (Å²) in [5.41, 5.74) is 2.17. The number of benzene rings is 1. The zero-order valence-electron chi connectivity index (χ0n) is 14.9. The van der Waals surface area contributed by atoms with E-state index in [0.717, 1.165) is 24.3 Å². The number of nitrogens with one attached hydrogen (secondary N) is 1. The first kappa shape index (κ1) is 18.4. The summed E-state index contributed by atoms with van der Waals surface area (Å²) in [5.74, 6) is 0. The van der Waals surface area contributed by atoms with Crippen LogP contribution in [0.15, 0.2) is 36.5 Å². The number of pyridine rings is 1. The van der Waals surface area contributed by atoms with Gasteiger partial charge in [0.1, 0.15) is 0 Å². The van der Waals surface area contributed by atoms with E-state index in [1.54, 1.807) is 0 Å². The molecule has 0 atom stereocenters. The highest BCUT2D eigenvalue weighted by Gasteiger charge is 2.12. The van der Waals surface area contributed by atoms with Gasteiger partial charge < -0.3 is 5.32 Å². The van der Waals surface area contributed by atoms with Crippen molar-refractivity contribution in [1.82, 2.24) is 9.88 Å².